The lowest BCUT2D eigenvalue weighted by Crippen LogP contribution is -2.26. The van der Waals surface area contributed by atoms with Gasteiger partial charge in [-0.1, -0.05) is 127 Å². The van der Waals surface area contributed by atoms with Crippen molar-refractivity contribution in [1.82, 2.24) is 49.8 Å². The van der Waals surface area contributed by atoms with E-state index in [2.05, 4.69) is 286 Å². The van der Waals surface area contributed by atoms with E-state index in [-0.39, 0.29) is 0 Å². The Morgan fingerprint density at radius 2 is 0.414 bits per heavy atom. The fourth-order valence-electron chi connectivity index (χ4n) is 25.9. The minimum atomic E-state index is 0.856. The Bertz CT molecular complexity index is 7710. The van der Waals surface area contributed by atoms with Crippen molar-refractivity contribution in [3.63, 3.8) is 0 Å². The maximum Gasteiger partial charge on any atom is 0.141 e. The fourth-order valence-corrected chi connectivity index (χ4v) is 25.9. The third-order valence-electron chi connectivity index (χ3n) is 32.0. The van der Waals surface area contributed by atoms with Crippen LogP contribution in [0.5, 0.6) is 0 Å². The van der Waals surface area contributed by atoms with Crippen LogP contribution in [0, 0.1) is 0 Å². The van der Waals surface area contributed by atoms with Crippen LogP contribution in [0.1, 0.15) is 167 Å². The number of rotatable bonds is 0. The number of aromatic nitrogens is 10. The molecule has 0 atom stereocenters. The largest absolute Gasteiger partial charge is 0.308 e. The summed E-state index contributed by atoms with van der Waals surface area (Å²) in [6.07, 6.45) is 43.7. The molecule has 35 rings (SSSR count). The molecule has 15 heteroatoms. The first-order chi connectivity index (χ1) is 69.3. The second-order valence-electron chi connectivity index (χ2n) is 39.7. The maximum absolute atomic E-state index is 4.78. The summed E-state index contributed by atoms with van der Waals surface area (Å²) in [5, 5.41) is 0. The Balaban J connectivity index is 0.0000000806. The van der Waals surface area contributed by atoms with Gasteiger partial charge < -0.3 is 19.6 Å². The Hall–Kier alpha value is -17.3. The molecule has 0 radical (unpaired) electrons. The highest BCUT2D eigenvalue weighted by atomic mass is 15.2. The molecule has 0 amide bonds. The quantitative estimate of drug-likeness (QED) is 0.142. The van der Waals surface area contributed by atoms with Gasteiger partial charge in [-0.15, -0.1) is 0 Å². The van der Waals surface area contributed by atoms with E-state index in [1.165, 1.54) is 297 Å². The summed E-state index contributed by atoms with van der Waals surface area (Å²) >= 11 is 0. The molecule has 0 spiro atoms. The van der Waals surface area contributed by atoms with E-state index < -0.39 is 0 Å². The second-order valence-corrected chi connectivity index (χ2v) is 39.7. The summed E-state index contributed by atoms with van der Waals surface area (Å²) in [7, 11) is 0. The molecule has 0 unspecified atom stereocenters. The highest BCUT2D eigenvalue weighted by Crippen LogP contribution is 2.60. The number of pyridine rings is 10. The summed E-state index contributed by atoms with van der Waals surface area (Å²) in [4.78, 5) is 58.0. The first kappa shape index (κ1) is 77.9. The van der Waals surface area contributed by atoms with E-state index in [1.54, 1.807) is 0 Å². The monoisotopic (exact) mass is 1800 g/mol. The van der Waals surface area contributed by atoms with Gasteiger partial charge in [0.15, 0.2) is 0 Å². The molecule has 0 N–H and O–H groups in total. The molecule has 20 heterocycles. The predicted octanol–water partition coefficient (Wildman–Crippen LogP) is 26.6. The molecule has 15 aliphatic rings. The van der Waals surface area contributed by atoms with Gasteiger partial charge in [0, 0.05) is 144 Å². The van der Waals surface area contributed by atoms with E-state index in [4.69, 9.17) is 24.9 Å². The Morgan fingerprint density at radius 1 is 0.143 bits per heavy atom. The molecule has 0 fully saturated rings. The Labute approximate surface area is 809 Å². The van der Waals surface area contributed by atoms with Crippen LogP contribution in [-0.2, 0) is 96.3 Å². The molecule has 20 aromatic rings. The SMILES string of the molecule is c1ccc2c(c1)Cc1cc3c(cc1-2)Cc1ccnc2c1N3c1cnccc1C2.c1ccc2c(c1)Cc1cc3c(cc1-2)Cc1ccnc2c1N3c1ncccc1C2.c1ccc2c(c1)Cc1cc3c(cc1-2)Cc1cncc2c1N3c1cnccc1C2.c1ccc2c(c1)Cc1cc3c(cc1-2)Cc1nccc2c1N3c1ccncc1C2.c1ccc2c(c1)Cc1cc3c(cc1-2)Cc1nccc2c1N3c1cnccc1C2. The van der Waals surface area contributed by atoms with Gasteiger partial charge >= 0.3 is 0 Å². The molecule has 0 saturated heterocycles. The minimum absolute atomic E-state index is 0.856. The highest BCUT2D eigenvalue weighted by Gasteiger charge is 2.42. The van der Waals surface area contributed by atoms with Crippen molar-refractivity contribution >= 4 is 85.4 Å². The van der Waals surface area contributed by atoms with E-state index >= 15 is 0 Å². The van der Waals surface area contributed by atoms with Crippen LogP contribution in [0.15, 0.2) is 336 Å². The zero-order valence-corrected chi connectivity index (χ0v) is 76.6. The van der Waals surface area contributed by atoms with Crippen molar-refractivity contribution in [3.8, 4) is 55.6 Å². The molecule has 0 saturated carbocycles. The Kier molecular flexibility index (Phi) is 16.8. The van der Waals surface area contributed by atoms with E-state index in [0.717, 1.165) is 108 Å². The number of hydrogen-bond acceptors (Lipinski definition) is 15. The lowest BCUT2D eigenvalue weighted by molar-refractivity contribution is 0.938. The summed E-state index contributed by atoms with van der Waals surface area (Å²) in [5.41, 5.74) is 71.9. The number of hydrogen-bond donors (Lipinski definition) is 0. The molecule has 10 aromatic carbocycles. The van der Waals surface area contributed by atoms with Crippen molar-refractivity contribution in [1.29, 1.82) is 0 Å². The molecule has 15 nitrogen and oxygen atoms in total. The van der Waals surface area contributed by atoms with Crippen molar-refractivity contribution in [3.05, 3.63) is 503 Å². The number of anilines is 15. The van der Waals surface area contributed by atoms with Crippen LogP contribution in [0.4, 0.5) is 85.4 Å². The third-order valence-corrected chi connectivity index (χ3v) is 32.0. The predicted molar refractivity (Wildman–Crippen MR) is 553 cm³/mol. The normalized spacial score (nSPS) is 14.6. The average Bonchev–Trinajstić information content (AvgIpc) is 1.19. The van der Waals surface area contributed by atoms with Crippen LogP contribution in [0.25, 0.3) is 55.6 Å². The molecular formula is C125H85N15. The molecule has 10 aliphatic heterocycles. The standard InChI is InChI=1S/5C25H17N3/c1-2-6-20-15(4-1)10-18-14-23-19(12-21(18)20)11-16-7-9-26-22-13-17-5-3-8-27-25(17)28(23)24(16)22;1-2-4-20-15(3-1)9-17-13-24-18(11-21(17)20)12-22-25-16(5-8-27-22)10-19-14-26-7-6-23(19)28(24)25;1-2-4-20-15(3-1)9-18-13-23-19(11-21(18)20)10-17-6-8-27-22-12-16-5-7-26-14-24(16)28(23)25(17)22;1-2-4-20-15(3-1)9-18-13-23-19(11-21(18)20)12-22-25-17(6-8-27-22)10-16-5-7-26-14-24(16)28(23)25;1-2-4-21-15(3-1)7-17-11-23-18(10-22(17)21)9-20-13-27-12-19-8-16-5-6-26-14-24(16)28(23)25(19)20/h1-9,12,14H,10-11,13H2;3*1-8,11,13-14H,9-10,12H2;1-6,10-14H,7-9H2. The molecule has 5 aliphatic carbocycles. The van der Waals surface area contributed by atoms with Gasteiger partial charge in [0.25, 0.3) is 0 Å². The van der Waals surface area contributed by atoms with E-state index in [0.29, 0.717) is 0 Å². The van der Waals surface area contributed by atoms with Gasteiger partial charge in [0.2, 0.25) is 0 Å². The van der Waals surface area contributed by atoms with Crippen molar-refractivity contribution in [2.75, 3.05) is 24.5 Å². The average molecular weight is 1800 g/mol. The topological polar surface area (TPSA) is 145 Å². The second kappa shape index (κ2) is 30.1. The van der Waals surface area contributed by atoms with Crippen molar-refractivity contribution in [2.45, 2.75) is 96.3 Å². The van der Waals surface area contributed by atoms with Crippen LogP contribution in [0.3, 0.4) is 0 Å². The summed E-state index contributed by atoms with van der Waals surface area (Å²) in [6, 6.07) is 89.5. The maximum atomic E-state index is 4.78. The smallest absolute Gasteiger partial charge is 0.141 e. The zero-order valence-electron chi connectivity index (χ0n) is 76.6. The first-order valence-electron chi connectivity index (χ1n) is 49.0. The van der Waals surface area contributed by atoms with Gasteiger partial charge in [-0.25, -0.2) is 4.98 Å². The van der Waals surface area contributed by atoms with Gasteiger partial charge in [0.1, 0.15) is 5.82 Å². The number of nitrogens with zero attached hydrogens (tertiary/aromatic N) is 15. The van der Waals surface area contributed by atoms with E-state index in [9.17, 15) is 0 Å². The zero-order chi connectivity index (χ0) is 91.2. The molecular weight excluding hydrogens is 1710 g/mol. The third kappa shape index (κ3) is 11.8. The minimum Gasteiger partial charge on any atom is -0.308 e. The van der Waals surface area contributed by atoms with Crippen LogP contribution < -0.4 is 24.5 Å². The van der Waals surface area contributed by atoms with Crippen LogP contribution in [-0.4, -0.2) is 49.8 Å². The highest BCUT2D eigenvalue weighted by molar-refractivity contribution is 5.99. The molecule has 10 aromatic heterocycles. The van der Waals surface area contributed by atoms with E-state index in [1.807, 2.05) is 99.0 Å². The molecule has 0 bridgehead atoms. The molecule has 140 heavy (non-hydrogen) atoms. The lowest BCUT2D eigenvalue weighted by Gasteiger charge is -2.39. The van der Waals surface area contributed by atoms with Gasteiger partial charge in [0.05, 0.1) is 121 Å². The fraction of sp³-hybridized carbons (Fsp3) is 0.120. The lowest BCUT2D eigenvalue weighted by atomic mass is 9.87. The van der Waals surface area contributed by atoms with Crippen LogP contribution >= 0.6 is 0 Å². The van der Waals surface area contributed by atoms with Crippen molar-refractivity contribution in [2.24, 2.45) is 0 Å². The first-order valence-corrected chi connectivity index (χ1v) is 49.0. The summed E-state index contributed by atoms with van der Waals surface area (Å²) in [6.45, 7) is 0. The van der Waals surface area contributed by atoms with Gasteiger partial charge in [-0.05, 0) is 342 Å². The van der Waals surface area contributed by atoms with Crippen molar-refractivity contribution < 1.29 is 0 Å². The molecule has 660 valence electrons. The Morgan fingerprint density at radius 3 is 0.821 bits per heavy atom. The number of fused-ring (bicyclic) bond motifs is 35. The summed E-state index contributed by atoms with van der Waals surface area (Å²) < 4.78 is 0. The summed E-state index contributed by atoms with van der Waals surface area (Å²) in [5.74, 6) is 1.06. The number of benzene rings is 10. The van der Waals surface area contributed by atoms with Crippen LogP contribution in [0.2, 0.25) is 0 Å². The van der Waals surface area contributed by atoms with Gasteiger partial charge in [-0.3, -0.25) is 49.8 Å². The van der Waals surface area contributed by atoms with Gasteiger partial charge in [-0.2, -0.15) is 0 Å².